The van der Waals surface area contributed by atoms with Gasteiger partial charge in [-0.15, -0.1) is 11.8 Å². The molecule has 1 fully saturated rings. The lowest BCUT2D eigenvalue weighted by Gasteiger charge is -2.23. The monoisotopic (exact) mass is 318 g/mol. The number of halogens is 2. The largest absolute Gasteiger partial charge is 0.353 e. The first-order valence-electron chi connectivity index (χ1n) is 6.23. The molecule has 1 amide bonds. The summed E-state index contributed by atoms with van der Waals surface area (Å²) in [7, 11) is 0. The summed E-state index contributed by atoms with van der Waals surface area (Å²) in [5, 5.41) is 7.58. The Bertz CT molecular complexity index is 450. The van der Waals surface area contributed by atoms with E-state index < -0.39 is 0 Å². The van der Waals surface area contributed by atoms with Gasteiger partial charge >= 0.3 is 0 Å². The minimum absolute atomic E-state index is 0.0490. The summed E-state index contributed by atoms with van der Waals surface area (Å²) in [5.74, 6) is 0.414. The Balaban J connectivity index is 1.81. The van der Waals surface area contributed by atoms with Crippen LogP contribution in [0.15, 0.2) is 23.1 Å². The van der Waals surface area contributed by atoms with E-state index in [-0.39, 0.29) is 5.91 Å². The van der Waals surface area contributed by atoms with Crippen molar-refractivity contribution in [3.63, 3.8) is 0 Å². The van der Waals surface area contributed by atoms with Crippen molar-refractivity contribution in [2.75, 3.05) is 18.8 Å². The molecule has 104 valence electrons. The normalized spacial score (nSPS) is 16.3. The van der Waals surface area contributed by atoms with E-state index in [4.69, 9.17) is 23.2 Å². The zero-order valence-electron chi connectivity index (χ0n) is 10.4. The van der Waals surface area contributed by atoms with Gasteiger partial charge in [0.25, 0.3) is 0 Å². The summed E-state index contributed by atoms with van der Waals surface area (Å²) in [6.45, 7) is 1.94. The minimum Gasteiger partial charge on any atom is -0.353 e. The molecule has 0 radical (unpaired) electrons. The van der Waals surface area contributed by atoms with Crippen LogP contribution in [0, 0.1) is 0 Å². The molecule has 1 heterocycles. The second kappa shape index (κ2) is 7.39. The quantitative estimate of drug-likeness (QED) is 0.839. The molecule has 2 rings (SSSR count). The first-order chi connectivity index (χ1) is 9.15. The van der Waals surface area contributed by atoms with Crippen LogP contribution in [0.4, 0.5) is 0 Å². The van der Waals surface area contributed by atoms with Crippen LogP contribution in [-0.4, -0.2) is 30.8 Å². The predicted octanol–water partition coefficient (Wildman–Crippen LogP) is 2.95. The molecule has 0 unspecified atom stereocenters. The highest BCUT2D eigenvalue weighted by atomic mass is 35.5. The Labute approximate surface area is 127 Å². The van der Waals surface area contributed by atoms with Crippen LogP contribution in [0.1, 0.15) is 12.8 Å². The molecule has 6 heteroatoms. The van der Waals surface area contributed by atoms with Crippen molar-refractivity contribution in [2.24, 2.45) is 0 Å². The average molecular weight is 319 g/mol. The summed E-state index contributed by atoms with van der Waals surface area (Å²) in [5.41, 5.74) is 0. The number of thioether (sulfide) groups is 1. The lowest BCUT2D eigenvalue weighted by Crippen LogP contribution is -2.43. The van der Waals surface area contributed by atoms with Crippen LogP contribution in [0.2, 0.25) is 10.0 Å². The fourth-order valence-electron chi connectivity index (χ4n) is 1.97. The number of hydrogen-bond acceptors (Lipinski definition) is 3. The molecule has 1 aliphatic rings. The fraction of sp³-hybridized carbons (Fsp3) is 0.462. The number of hydrogen-bond donors (Lipinski definition) is 2. The summed E-state index contributed by atoms with van der Waals surface area (Å²) in [4.78, 5) is 12.7. The third kappa shape index (κ3) is 4.88. The molecule has 19 heavy (non-hydrogen) atoms. The molecule has 1 aromatic carbocycles. The topological polar surface area (TPSA) is 41.1 Å². The maximum absolute atomic E-state index is 11.9. The molecular weight excluding hydrogens is 303 g/mol. The van der Waals surface area contributed by atoms with Crippen molar-refractivity contribution in [3.05, 3.63) is 28.2 Å². The van der Waals surface area contributed by atoms with Crippen LogP contribution in [-0.2, 0) is 4.79 Å². The summed E-state index contributed by atoms with van der Waals surface area (Å²) >= 11 is 13.4. The summed E-state index contributed by atoms with van der Waals surface area (Å²) < 4.78 is 0. The molecule has 0 atom stereocenters. The van der Waals surface area contributed by atoms with Crippen LogP contribution in [0.25, 0.3) is 0 Å². The fourth-order valence-corrected chi connectivity index (χ4v) is 3.27. The van der Waals surface area contributed by atoms with E-state index in [0.717, 1.165) is 30.8 Å². The second-order valence-electron chi connectivity index (χ2n) is 4.46. The number of piperidine rings is 1. The highest BCUT2D eigenvalue weighted by Crippen LogP contribution is 2.29. The Morgan fingerprint density at radius 3 is 2.84 bits per heavy atom. The number of rotatable bonds is 4. The molecule has 3 nitrogen and oxygen atoms in total. The van der Waals surface area contributed by atoms with Gasteiger partial charge in [-0.1, -0.05) is 23.2 Å². The average Bonchev–Trinajstić information content (AvgIpc) is 2.41. The molecule has 0 aromatic heterocycles. The number of carbonyl (C=O) groups excluding carboxylic acids is 1. The van der Waals surface area contributed by atoms with E-state index in [0.29, 0.717) is 21.8 Å². The van der Waals surface area contributed by atoms with Crippen molar-refractivity contribution in [1.29, 1.82) is 0 Å². The number of nitrogens with one attached hydrogen (secondary N) is 2. The smallest absolute Gasteiger partial charge is 0.230 e. The highest BCUT2D eigenvalue weighted by Gasteiger charge is 2.15. The highest BCUT2D eigenvalue weighted by molar-refractivity contribution is 8.00. The molecule has 0 saturated carbocycles. The summed E-state index contributed by atoms with van der Waals surface area (Å²) in [6.07, 6.45) is 1.99. The van der Waals surface area contributed by atoms with E-state index in [1.807, 2.05) is 0 Å². The van der Waals surface area contributed by atoms with Gasteiger partial charge in [-0.25, -0.2) is 0 Å². The zero-order valence-corrected chi connectivity index (χ0v) is 12.7. The first kappa shape index (κ1) is 15.0. The molecule has 1 saturated heterocycles. The third-order valence-corrected chi connectivity index (χ3v) is 4.69. The van der Waals surface area contributed by atoms with E-state index in [1.54, 1.807) is 18.2 Å². The number of carbonyl (C=O) groups is 1. The molecule has 2 N–H and O–H groups in total. The van der Waals surface area contributed by atoms with E-state index in [9.17, 15) is 4.79 Å². The molecule has 0 spiro atoms. The Morgan fingerprint density at radius 1 is 1.37 bits per heavy atom. The molecule has 1 aromatic rings. The molecule has 0 bridgehead atoms. The van der Waals surface area contributed by atoms with Gasteiger partial charge in [0.15, 0.2) is 0 Å². The van der Waals surface area contributed by atoms with Gasteiger partial charge in [-0.05, 0) is 44.1 Å². The standard InChI is InChI=1S/C13H16Cl2N2OS/c14-9-1-2-11(15)12(7-9)19-8-13(18)17-10-3-5-16-6-4-10/h1-2,7,10,16H,3-6,8H2,(H,17,18). The second-order valence-corrected chi connectivity index (χ2v) is 6.32. The van der Waals surface area contributed by atoms with Gasteiger partial charge < -0.3 is 10.6 Å². The molecule has 1 aliphatic heterocycles. The van der Waals surface area contributed by atoms with Crippen LogP contribution >= 0.6 is 35.0 Å². The van der Waals surface area contributed by atoms with E-state index in [1.165, 1.54) is 11.8 Å². The van der Waals surface area contributed by atoms with Crippen molar-refractivity contribution in [2.45, 2.75) is 23.8 Å². The number of benzene rings is 1. The predicted molar refractivity (Wildman–Crippen MR) is 81.2 cm³/mol. The maximum Gasteiger partial charge on any atom is 0.230 e. The third-order valence-electron chi connectivity index (χ3n) is 2.96. The van der Waals surface area contributed by atoms with Gasteiger partial charge in [0.2, 0.25) is 5.91 Å². The lowest BCUT2D eigenvalue weighted by molar-refractivity contribution is -0.119. The first-order valence-corrected chi connectivity index (χ1v) is 7.97. The van der Waals surface area contributed by atoms with Crippen molar-refractivity contribution in [1.82, 2.24) is 10.6 Å². The minimum atomic E-state index is 0.0490. The van der Waals surface area contributed by atoms with Crippen LogP contribution in [0.5, 0.6) is 0 Å². The van der Waals surface area contributed by atoms with Gasteiger partial charge in [-0.2, -0.15) is 0 Å². The Kier molecular flexibility index (Phi) is 5.82. The van der Waals surface area contributed by atoms with Gasteiger partial charge in [0.05, 0.1) is 10.8 Å². The van der Waals surface area contributed by atoms with Crippen molar-refractivity contribution in [3.8, 4) is 0 Å². The van der Waals surface area contributed by atoms with Gasteiger partial charge in [0.1, 0.15) is 0 Å². The Morgan fingerprint density at radius 2 is 2.11 bits per heavy atom. The van der Waals surface area contributed by atoms with Crippen LogP contribution < -0.4 is 10.6 Å². The van der Waals surface area contributed by atoms with E-state index in [2.05, 4.69) is 10.6 Å². The SMILES string of the molecule is O=C(CSc1cc(Cl)ccc1Cl)NC1CCNCC1. The Hall–Kier alpha value is -0.420. The van der Waals surface area contributed by atoms with E-state index >= 15 is 0 Å². The zero-order chi connectivity index (χ0) is 13.7. The van der Waals surface area contributed by atoms with Gasteiger partial charge in [0, 0.05) is 16.0 Å². The maximum atomic E-state index is 11.9. The van der Waals surface area contributed by atoms with Crippen molar-refractivity contribution < 1.29 is 4.79 Å². The van der Waals surface area contributed by atoms with Gasteiger partial charge in [-0.3, -0.25) is 4.79 Å². The molecule has 0 aliphatic carbocycles. The molecular formula is C13H16Cl2N2OS. The summed E-state index contributed by atoms with van der Waals surface area (Å²) in [6, 6.07) is 5.57. The van der Waals surface area contributed by atoms with Crippen molar-refractivity contribution >= 4 is 40.9 Å². The number of amides is 1. The lowest BCUT2D eigenvalue weighted by atomic mass is 10.1. The van der Waals surface area contributed by atoms with Crippen LogP contribution in [0.3, 0.4) is 0 Å².